The Bertz CT molecular complexity index is 329. The summed E-state index contributed by atoms with van der Waals surface area (Å²) in [5.74, 6) is 1.23. The van der Waals surface area contributed by atoms with Crippen LogP contribution in [0.1, 0.15) is 26.3 Å². The Hall–Kier alpha value is -1.13. The molecule has 0 aliphatic carbocycles. The topological polar surface area (TPSA) is 43.4 Å². The number of nitrogens with zero attached hydrogens (tertiary/aromatic N) is 1. The quantitative estimate of drug-likeness (QED) is 0.685. The van der Waals surface area contributed by atoms with Crippen molar-refractivity contribution >= 4 is 0 Å². The molecule has 0 radical (unpaired) electrons. The van der Waals surface area contributed by atoms with Gasteiger partial charge in [0.2, 0.25) is 5.88 Å². The molecule has 1 N–H and O–H groups in total. The second kappa shape index (κ2) is 8.89. The van der Waals surface area contributed by atoms with E-state index in [1.54, 1.807) is 6.20 Å². The Kier molecular flexibility index (Phi) is 7.37. The predicted octanol–water partition coefficient (Wildman–Crippen LogP) is 2.24. The lowest BCUT2D eigenvalue weighted by atomic mass is 10.2. The van der Waals surface area contributed by atoms with E-state index >= 15 is 0 Å². The smallest absolute Gasteiger partial charge is 0.213 e. The van der Waals surface area contributed by atoms with Crippen LogP contribution in [0.5, 0.6) is 5.88 Å². The summed E-state index contributed by atoms with van der Waals surface area (Å²) in [4.78, 5) is 4.17. The summed E-state index contributed by atoms with van der Waals surface area (Å²) in [6.07, 6.45) is 1.77. The zero-order valence-corrected chi connectivity index (χ0v) is 11.6. The van der Waals surface area contributed by atoms with Crippen molar-refractivity contribution < 1.29 is 9.47 Å². The van der Waals surface area contributed by atoms with Crippen LogP contribution in [0.15, 0.2) is 18.3 Å². The van der Waals surface area contributed by atoms with E-state index in [4.69, 9.17) is 9.47 Å². The van der Waals surface area contributed by atoms with Crippen LogP contribution in [-0.2, 0) is 11.3 Å². The molecule has 1 aromatic rings. The van der Waals surface area contributed by atoms with Gasteiger partial charge in [-0.2, -0.15) is 0 Å². The summed E-state index contributed by atoms with van der Waals surface area (Å²) in [6.45, 7) is 10.1. The summed E-state index contributed by atoms with van der Waals surface area (Å²) in [6, 6.07) is 3.95. The molecule has 4 nitrogen and oxygen atoms in total. The molecule has 1 heterocycles. The fourth-order valence-corrected chi connectivity index (χ4v) is 1.43. The highest BCUT2D eigenvalue weighted by molar-refractivity contribution is 5.20. The summed E-state index contributed by atoms with van der Waals surface area (Å²) in [5, 5.41) is 3.27. The van der Waals surface area contributed by atoms with Crippen molar-refractivity contribution in [2.24, 2.45) is 5.92 Å². The van der Waals surface area contributed by atoms with Crippen LogP contribution in [-0.4, -0.2) is 31.3 Å². The molecular weight excluding hydrogens is 228 g/mol. The van der Waals surface area contributed by atoms with Crippen molar-refractivity contribution in [2.45, 2.75) is 27.3 Å². The van der Waals surface area contributed by atoms with Crippen LogP contribution in [0.3, 0.4) is 0 Å². The van der Waals surface area contributed by atoms with Gasteiger partial charge in [0.25, 0.3) is 0 Å². The molecule has 0 saturated carbocycles. The first kappa shape index (κ1) is 14.9. The number of hydrogen-bond acceptors (Lipinski definition) is 4. The molecule has 0 unspecified atom stereocenters. The number of ether oxygens (including phenoxy) is 2. The van der Waals surface area contributed by atoms with Gasteiger partial charge >= 0.3 is 0 Å². The first-order chi connectivity index (χ1) is 8.72. The van der Waals surface area contributed by atoms with Gasteiger partial charge in [-0.05, 0) is 24.1 Å². The van der Waals surface area contributed by atoms with Crippen LogP contribution in [0.25, 0.3) is 0 Å². The van der Waals surface area contributed by atoms with Gasteiger partial charge in [0.15, 0.2) is 0 Å². The van der Waals surface area contributed by atoms with Crippen molar-refractivity contribution in [1.29, 1.82) is 0 Å². The molecule has 0 bridgehead atoms. The molecule has 0 atom stereocenters. The Morgan fingerprint density at radius 2 is 2.17 bits per heavy atom. The second-order valence-electron chi connectivity index (χ2n) is 4.60. The Morgan fingerprint density at radius 1 is 1.33 bits per heavy atom. The fourth-order valence-electron chi connectivity index (χ4n) is 1.43. The molecule has 4 heteroatoms. The van der Waals surface area contributed by atoms with Crippen LogP contribution in [0, 0.1) is 5.92 Å². The zero-order chi connectivity index (χ0) is 13.2. The van der Waals surface area contributed by atoms with Crippen molar-refractivity contribution in [3.05, 3.63) is 23.9 Å². The lowest BCUT2D eigenvalue weighted by Gasteiger charge is -2.09. The third kappa shape index (κ3) is 6.57. The minimum Gasteiger partial charge on any atom is -0.475 e. The van der Waals surface area contributed by atoms with Crippen molar-refractivity contribution in [3.8, 4) is 5.88 Å². The summed E-state index contributed by atoms with van der Waals surface area (Å²) in [7, 11) is 0. The third-order valence-corrected chi connectivity index (χ3v) is 2.31. The van der Waals surface area contributed by atoms with Crippen LogP contribution < -0.4 is 10.1 Å². The number of nitrogens with one attached hydrogen (secondary N) is 1. The van der Waals surface area contributed by atoms with E-state index in [1.165, 1.54) is 5.56 Å². The first-order valence-corrected chi connectivity index (χ1v) is 6.58. The van der Waals surface area contributed by atoms with Crippen molar-refractivity contribution in [2.75, 3.05) is 26.4 Å². The van der Waals surface area contributed by atoms with Gasteiger partial charge in [-0.3, -0.25) is 0 Å². The van der Waals surface area contributed by atoms with E-state index in [2.05, 4.69) is 31.1 Å². The van der Waals surface area contributed by atoms with E-state index in [-0.39, 0.29) is 0 Å². The lowest BCUT2D eigenvalue weighted by molar-refractivity contribution is 0.0806. The maximum atomic E-state index is 5.54. The summed E-state index contributed by atoms with van der Waals surface area (Å²) >= 11 is 0. The highest BCUT2D eigenvalue weighted by Crippen LogP contribution is 2.09. The van der Waals surface area contributed by atoms with E-state index < -0.39 is 0 Å². The molecule has 0 aliphatic heterocycles. The first-order valence-electron chi connectivity index (χ1n) is 6.58. The Balaban J connectivity index is 2.24. The maximum Gasteiger partial charge on any atom is 0.213 e. The van der Waals surface area contributed by atoms with Crippen LogP contribution >= 0.6 is 0 Å². The number of rotatable bonds is 9. The monoisotopic (exact) mass is 252 g/mol. The molecular formula is C14H24N2O2. The Labute approximate surface area is 110 Å². The molecule has 0 amide bonds. The molecule has 102 valence electrons. The van der Waals surface area contributed by atoms with Gasteiger partial charge in [0.1, 0.15) is 6.61 Å². The summed E-state index contributed by atoms with van der Waals surface area (Å²) < 4.78 is 11.0. The van der Waals surface area contributed by atoms with E-state index in [1.807, 2.05) is 12.1 Å². The van der Waals surface area contributed by atoms with Gasteiger partial charge in [-0.25, -0.2) is 4.98 Å². The maximum absolute atomic E-state index is 5.54. The molecule has 0 fully saturated rings. The average molecular weight is 252 g/mol. The van der Waals surface area contributed by atoms with E-state index in [9.17, 15) is 0 Å². The molecule has 0 aromatic carbocycles. The van der Waals surface area contributed by atoms with Crippen molar-refractivity contribution in [1.82, 2.24) is 10.3 Å². The van der Waals surface area contributed by atoms with Gasteiger partial charge in [-0.1, -0.05) is 20.8 Å². The van der Waals surface area contributed by atoms with Gasteiger partial charge in [0.05, 0.1) is 6.61 Å². The van der Waals surface area contributed by atoms with Gasteiger partial charge in [0, 0.05) is 25.4 Å². The Morgan fingerprint density at radius 3 is 2.89 bits per heavy atom. The van der Waals surface area contributed by atoms with E-state index in [0.29, 0.717) is 25.0 Å². The standard InChI is InChI=1S/C14H24N2O2/c1-4-15-10-13-5-6-16-14(9-13)18-8-7-17-11-12(2)3/h5-6,9,12,15H,4,7-8,10-11H2,1-3H3. The number of hydrogen-bond donors (Lipinski definition) is 1. The molecule has 18 heavy (non-hydrogen) atoms. The van der Waals surface area contributed by atoms with Crippen LogP contribution in [0.4, 0.5) is 0 Å². The second-order valence-corrected chi connectivity index (χ2v) is 4.60. The zero-order valence-electron chi connectivity index (χ0n) is 11.6. The molecule has 0 spiro atoms. The SMILES string of the molecule is CCNCc1ccnc(OCCOCC(C)C)c1. The third-order valence-electron chi connectivity index (χ3n) is 2.31. The minimum atomic E-state index is 0.546. The molecule has 1 rings (SSSR count). The highest BCUT2D eigenvalue weighted by atomic mass is 16.5. The summed E-state index contributed by atoms with van der Waals surface area (Å²) in [5.41, 5.74) is 1.19. The van der Waals surface area contributed by atoms with Gasteiger partial charge < -0.3 is 14.8 Å². The minimum absolute atomic E-state index is 0.546. The van der Waals surface area contributed by atoms with Crippen LogP contribution in [0.2, 0.25) is 0 Å². The van der Waals surface area contributed by atoms with E-state index in [0.717, 1.165) is 19.7 Å². The van der Waals surface area contributed by atoms with Crippen molar-refractivity contribution in [3.63, 3.8) is 0 Å². The predicted molar refractivity (Wildman–Crippen MR) is 72.8 cm³/mol. The van der Waals surface area contributed by atoms with Gasteiger partial charge in [-0.15, -0.1) is 0 Å². The highest BCUT2D eigenvalue weighted by Gasteiger charge is 1.99. The lowest BCUT2D eigenvalue weighted by Crippen LogP contribution is -2.13. The molecule has 0 aliphatic rings. The number of aromatic nitrogens is 1. The molecule has 0 saturated heterocycles. The number of pyridine rings is 1. The average Bonchev–Trinajstić information content (AvgIpc) is 2.36. The largest absolute Gasteiger partial charge is 0.475 e. The fraction of sp³-hybridized carbons (Fsp3) is 0.643. The molecule has 1 aromatic heterocycles. The normalized spacial score (nSPS) is 10.9.